The maximum Gasteiger partial charge on any atom is 0.248 e. The largest absolute Gasteiger partial charge is 0.454 e. The van der Waals surface area contributed by atoms with Gasteiger partial charge in [0, 0.05) is 11.3 Å². The summed E-state index contributed by atoms with van der Waals surface area (Å²) in [6.45, 7) is 0.575. The lowest BCUT2D eigenvalue weighted by Gasteiger charge is -2.05. The van der Waals surface area contributed by atoms with Crippen LogP contribution in [0.3, 0.4) is 0 Å². The highest BCUT2D eigenvalue weighted by Gasteiger charge is 2.02. The van der Waals surface area contributed by atoms with E-state index in [4.69, 9.17) is 10.2 Å². The van der Waals surface area contributed by atoms with E-state index in [1.54, 1.807) is 18.2 Å². The lowest BCUT2D eigenvalue weighted by atomic mass is 10.2. The van der Waals surface area contributed by atoms with Gasteiger partial charge < -0.3 is 15.5 Å². The maximum absolute atomic E-state index is 11.0. The molecule has 5 heteroatoms. The number of nitrogens with one attached hydrogen (secondary N) is 1. The van der Waals surface area contributed by atoms with Crippen molar-refractivity contribution >= 4 is 34.2 Å². The summed E-state index contributed by atoms with van der Waals surface area (Å²) in [6, 6.07) is 10.9. The number of benzene rings is 1. The molecule has 2 rings (SSSR count). The van der Waals surface area contributed by atoms with Crippen LogP contribution in [0.5, 0.6) is 0 Å². The smallest absolute Gasteiger partial charge is 0.248 e. The number of nitrogens with two attached hydrogens (primary N) is 1. The molecule has 88 valence electrons. The van der Waals surface area contributed by atoms with E-state index < -0.39 is 5.91 Å². The van der Waals surface area contributed by atoms with Gasteiger partial charge >= 0.3 is 0 Å². The first-order chi connectivity index (χ1) is 8.15. The van der Waals surface area contributed by atoms with Crippen LogP contribution in [0.15, 0.2) is 40.8 Å². The molecule has 1 heterocycles. The number of carbonyl (C=O) groups excluding carboxylic acids is 1. The standard InChI is InChI=1S/C12H11IN2O2/c13-11-5-4-10(17-11)7-15-9-3-1-2-8(6-9)12(14)16/h1-6,15H,7H2,(H2,14,16). The summed E-state index contributed by atoms with van der Waals surface area (Å²) in [4.78, 5) is 11.0. The SMILES string of the molecule is NC(=O)c1cccc(NCc2ccc(I)o2)c1. The number of halogens is 1. The Bertz CT molecular complexity index is 537. The van der Waals surface area contributed by atoms with Crippen molar-refractivity contribution in [2.75, 3.05) is 5.32 Å². The summed E-state index contributed by atoms with van der Waals surface area (Å²) in [5.74, 6) is 0.417. The molecule has 1 aromatic carbocycles. The van der Waals surface area contributed by atoms with Crippen molar-refractivity contribution in [3.63, 3.8) is 0 Å². The number of carbonyl (C=O) groups is 1. The zero-order valence-corrected chi connectivity index (χ0v) is 11.1. The highest BCUT2D eigenvalue weighted by Crippen LogP contribution is 2.14. The molecule has 0 spiro atoms. The van der Waals surface area contributed by atoms with Crippen molar-refractivity contribution in [3.8, 4) is 0 Å². The molecule has 1 aromatic heterocycles. The van der Waals surface area contributed by atoms with Crippen molar-refractivity contribution in [1.29, 1.82) is 0 Å². The van der Waals surface area contributed by atoms with Crippen LogP contribution in [0.2, 0.25) is 0 Å². The van der Waals surface area contributed by atoms with Gasteiger partial charge in [-0.05, 0) is 52.9 Å². The summed E-state index contributed by atoms with van der Waals surface area (Å²) in [6.07, 6.45) is 0. The van der Waals surface area contributed by atoms with Crippen LogP contribution in [0.1, 0.15) is 16.1 Å². The Labute approximate surface area is 112 Å². The van der Waals surface area contributed by atoms with E-state index in [9.17, 15) is 4.79 Å². The van der Waals surface area contributed by atoms with Crippen molar-refractivity contribution in [1.82, 2.24) is 0 Å². The van der Waals surface area contributed by atoms with Gasteiger partial charge in [0.05, 0.1) is 6.54 Å². The molecule has 0 bridgehead atoms. The molecule has 17 heavy (non-hydrogen) atoms. The Balaban J connectivity index is 2.04. The molecule has 0 saturated carbocycles. The Hall–Kier alpha value is -1.50. The first-order valence-electron chi connectivity index (χ1n) is 5.03. The minimum absolute atomic E-state index is 0.429. The number of primary amides is 1. The van der Waals surface area contributed by atoms with Gasteiger partial charge in [0.1, 0.15) is 5.76 Å². The summed E-state index contributed by atoms with van der Waals surface area (Å²) < 4.78 is 6.27. The molecule has 2 aromatic rings. The molecule has 0 saturated heterocycles. The highest BCUT2D eigenvalue weighted by molar-refractivity contribution is 14.1. The van der Waals surface area contributed by atoms with Gasteiger partial charge in [0.25, 0.3) is 0 Å². The number of furan rings is 1. The van der Waals surface area contributed by atoms with Gasteiger partial charge in [0.15, 0.2) is 3.77 Å². The number of hydrogen-bond acceptors (Lipinski definition) is 3. The molecule has 0 atom stereocenters. The molecule has 4 nitrogen and oxygen atoms in total. The fourth-order valence-electron chi connectivity index (χ4n) is 1.42. The molecule has 3 N–H and O–H groups in total. The minimum Gasteiger partial charge on any atom is -0.454 e. The van der Waals surface area contributed by atoms with Gasteiger partial charge in [-0.15, -0.1) is 0 Å². The molecular formula is C12H11IN2O2. The van der Waals surface area contributed by atoms with Crippen molar-refractivity contribution < 1.29 is 9.21 Å². The maximum atomic E-state index is 11.0. The Kier molecular flexibility index (Phi) is 3.68. The van der Waals surface area contributed by atoms with Gasteiger partial charge in [-0.2, -0.15) is 0 Å². The minimum atomic E-state index is -0.429. The van der Waals surface area contributed by atoms with E-state index in [2.05, 4.69) is 27.9 Å². The van der Waals surface area contributed by atoms with Crippen molar-refractivity contribution in [2.45, 2.75) is 6.54 Å². The fraction of sp³-hybridized carbons (Fsp3) is 0.0833. The van der Waals surface area contributed by atoms with Gasteiger partial charge in [-0.3, -0.25) is 4.79 Å². The van der Waals surface area contributed by atoms with E-state index in [0.717, 1.165) is 15.2 Å². The Morgan fingerprint density at radius 3 is 2.82 bits per heavy atom. The summed E-state index contributed by atoms with van der Waals surface area (Å²) in [5, 5.41) is 3.16. The van der Waals surface area contributed by atoms with E-state index in [-0.39, 0.29) is 0 Å². The molecule has 0 fully saturated rings. The third-order valence-corrected chi connectivity index (χ3v) is 2.82. The second-order valence-electron chi connectivity index (χ2n) is 3.50. The molecule has 0 unspecified atom stereocenters. The van der Waals surface area contributed by atoms with E-state index in [1.165, 1.54) is 0 Å². The lowest BCUT2D eigenvalue weighted by Crippen LogP contribution is -2.11. The molecular weight excluding hydrogens is 331 g/mol. The van der Waals surface area contributed by atoms with Crippen LogP contribution in [-0.2, 0) is 6.54 Å². The average molecular weight is 342 g/mol. The fourth-order valence-corrected chi connectivity index (χ4v) is 1.88. The second-order valence-corrected chi connectivity index (χ2v) is 4.57. The van der Waals surface area contributed by atoms with Gasteiger partial charge in [0.2, 0.25) is 5.91 Å². The van der Waals surface area contributed by atoms with Gasteiger partial charge in [-0.25, -0.2) is 0 Å². The van der Waals surface area contributed by atoms with Crippen LogP contribution in [-0.4, -0.2) is 5.91 Å². The average Bonchev–Trinajstić information content (AvgIpc) is 2.73. The number of amides is 1. The predicted octanol–water partition coefficient (Wildman–Crippen LogP) is 2.60. The third-order valence-electron chi connectivity index (χ3n) is 2.24. The van der Waals surface area contributed by atoms with Gasteiger partial charge in [-0.1, -0.05) is 6.07 Å². The van der Waals surface area contributed by atoms with Crippen LogP contribution in [0.25, 0.3) is 0 Å². The zero-order valence-electron chi connectivity index (χ0n) is 8.94. The molecule has 0 aliphatic heterocycles. The van der Waals surface area contributed by atoms with Crippen LogP contribution >= 0.6 is 22.6 Å². The quantitative estimate of drug-likeness (QED) is 0.840. The first kappa shape index (κ1) is 12.0. The van der Waals surface area contributed by atoms with Crippen molar-refractivity contribution in [2.24, 2.45) is 5.73 Å². The lowest BCUT2D eigenvalue weighted by molar-refractivity contribution is 0.100. The number of hydrogen-bond donors (Lipinski definition) is 2. The van der Waals surface area contributed by atoms with Crippen LogP contribution in [0, 0.1) is 3.77 Å². The molecule has 0 aliphatic carbocycles. The predicted molar refractivity (Wildman–Crippen MR) is 73.7 cm³/mol. The topological polar surface area (TPSA) is 68.3 Å². The summed E-state index contributed by atoms with van der Waals surface area (Å²) in [7, 11) is 0. The number of anilines is 1. The Morgan fingerprint density at radius 2 is 2.18 bits per heavy atom. The van der Waals surface area contributed by atoms with Crippen molar-refractivity contribution in [3.05, 3.63) is 51.5 Å². The monoisotopic (exact) mass is 342 g/mol. The zero-order chi connectivity index (χ0) is 12.3. The van der Waals surface area contributed by atoms with E-state index in [0.29, 0.717) is 12.1 Å². The van der Waals surface area contributed by atoms with E-state index >= 15 is 0 Å². The summed E-state index contributed by atoms with van der Waals surface area (Å²) >= 11 is 2.11. The highest BCUT2D eigenvalue weighted by atomic mass is 127. The first-order valence-corrected chi connectivity index (χ1v) is 6.11. The second kappa shape index (κ2) is 5.22. The normalized spacial score (nSPS) is 10.2. The number of rotatable bonds is 4. The summed E-state index contributed by atoms with van der Waals surface area (Å²) in [5.41, 5.74) is 6.54. The third kappa shape index (κ3) is 3.23. The van der Waals surface area contributed by atoms with Crippen LogP contribution in [0.4, 0.5) is 5.69 Å². The van der Waals surface area contributed by atoms with E-state index in [1.807, 2.05) is 18.2 Å². The Morgan fingerprint density at radius 1 is 1.35 bits per heavy atom. The van der Waals surface area contributed by atoms with Crippen LogP contribution < -0.4 is 11.1 Å². The molecule has 1 amide bonds. The molecule has 0 aliphatic rings. The molecule has 0 radical (unpaired) electrons.